The third-order valence-electron chi connectivity index (χ3n) is 2.79. The van der Waals surface area contributed by atoms with Gasteiger partial charge in [0.1, 0.15) is 5.01 Å². The van der Waals surface area contributed by atoms with Gasteiger partial charge in [-0.1, -0.05) is 18.3 Å². The predicted octanol–water partition coefficient (Wildman–Crippen LogP) is 2.47. The van der Waals surface area contributed by atoms with E-state index in [0.717, 1.165) is 17.8 Å². The summed E-state index contributed by atoms with van der Waals surface area (Å²) in [4.78, 5) is 12.1. The third-order valence-corrected chi connectivity index (χ3v) is 3.68. The minimum absolute atomic E-state index is 0.192. The van der Waals surface area contributed by atoms with E-state index in [-0.39, 0.29) is 12.7 Å². The first-order valence-electron chi connectivity index (χ1n) is 6.29. The van der Waals surface area contributed by atoms with Gasteiger partial charge in [-0.25, -0.2) is 0 Å². The van der Waals surface area contributed by atoms with Crippen LogP contribution in [0.5, 0.6) is 11.5 Å². The molecule has 0 unspecified atom stereocenters. The standard InChI is InChI=1S/C13H13N3O3S/c1-2-3-11-15-16-13(20-11)14-12(17)8-4-5-9-10(6-8)19-7-18-9/h4-6H,2-3,7H2,1H3,(H,14,16,17). The summed E-state index contributed by atoms with van der Waals surface area (Å²) in [5, 5.41) is 12.1. The van der Waals surface area contributed by atoms with Crippen LogP contribution in [0.25, 0.3) is 0 Å². The van der Waals surface area contributed by atoms with Gasteiger partial charge in [-0.15, -0.1) is 10.2 Å². The molecule has 7 heteroatoms. The zero-order valence-corrected chi connectivity index (χ0v) is 11.7. The number of aromatic nitrogens is 2. The Kier molecular flexibility index (Phi) is 3.51. The van der Waals surface area contributed by atoms with Crippen LogP contribution in [0.2, 0.25) is 0 Å². The quantitative estimate of drug-likeness (QED) is 0.936. The Labute approximate surface area is 119 Å². The van der Waals surface area contributed by atoms with Gasteiger partial charge in [0.2, 0.25) is 11.9 Å². The molecule has 0 fully saturated rings. The lowest BCUT2D eigenvalue weighted by Gasteiger charge is -2.02. The number of amides is 1. The molecular weight excluding hydrogens is 278 g/mol. The SMILES string of the molecule is CCCc1nnc(NC(=O)c2ccc3c(c2)OCO3)s1. The van der Waals surface area contributed by atoms with E-state index in [0.29, 0.717) is 22.2 Å². The van der Waals surface area contributed by atoms with Gasteiger partial charge in [0, 0.05) is 12.0 Å². The molecule has 1 amide bonds. The number of aryl methyl sites for hydroxylation is 1. The highest BCUT2D eigenvalue weighted by Gasteiger charge is 2.17. The minimum Gasteiger partial charge on any atom is -0.454 e. The second-order valence-corrected chi connectivity index (χ2v) is 5.34. The zero-order chi connectivity index (χ0) is 13.9. The molecule has 0 saturated carbocycles. The topological polar surface area (TPSA) is 73.3 Å². The lowest BCUT2D eigenvalue weighted by atomic mass is 10.2. The fourth-order valence-corrected chi connectivity index (χ4v) is 2.66. The van der Waals surface area contributed by atoms with Crippen LogP contribution in [-0.2, 0) is 6.42 Å². The van der Waals surface area contributed by atoms with E-state index in [1.54, 1.807) is 18.2 Å². The number of nitrogens with zero attached hydrogens (tertiary/aromatic N) is 2. The van der Waals surface area contributed by atoms with Gasteiger partial charge in [0.25, 0.3) is 5.91 Å². The van der Waals surface area contributed by atoms with Crippen LogP contribution in [0.1, 0.15) is 28.7 Å². The highest BCUT2D eigenvalue weighted by atomic mass is 32.1. The number of anilines is 1. The van der Waals surface area contributed by atoms with E-state index < -0.39 is 0 Å². The summed E-state index contributed by atoms with van der Waals surface area (Å²) in [5.74, 6) is 1.01. The second-order valence-electron chi connectivity index (χ2n) is 4.27. The van der Waals surface area contributed by atoms with E-state index in [2.05, 4.69) is 22.4 Å². The number of hydrogen-bond acceptors (Lipinski definition) is 6. The predicted molar refractivity (Wildman–Crippen MR) is 74.4 cm³/mol. The number of carbonyl (C=O) groups excluding carboxylic acids is 1. The van der Waals surface area contributed by atoms with Crippen LogP contribution < -0.4 is 14.8 Å². The third kappa shape index (κ3) is 2.57. The molecule has 2 heterocycles. The number of hydrogen-bond donors (Lipinski definition) is 1. The van der Waals surface area contributed by atoms with Crippen molar-refractivity contribution in [2.24, 2.45) is 0 Å². The van der Waals surface area contributed by atoms with Crippen LogP contribution in [-0.4, -0.2) is 22.9 Å². The molecule has 1 aromatic heterocycles. The first-order chi connectivity index (χ1) is 9.76. The van der Waals surface area contributed by atoms with Crippen LogP contribution in [0.3, 0.4) is 0 Å². The van der Waals surface area contributed by atoms with Crippen LogP contribution in [0, 0.1) is 0 Å². The molecule has 1 N–H and O–H groups in total. The van der Waals surface area contributed by atoms with Crippen molar-refractivity contribution < 1.29 is 14.3 Å². The summed E-state index contributed by atoms with van der Waals surface area (Å²) >= 11 is 1.40. The molecule has 104 valence electrons. The Hall–Kier alpha value is -2.15. The summed E-state index contributed by atoms with van der Waals surface area (Å²) in [7, 11) is 0. The fourth-order valence-electron chi connectivity index (χ4n) is 1.83. The van der Waals surface area contributed by atoms with Gasteiger partial charge in [0.05, 0.1) is 0 Å². The van der Waals surface area contributed by atoms with Crippen molar-refractivity contribution in [1.29, 1.82) is 0 Å². The Bertz CT molecular complexity index is 642. The second kappa shape index (κ2) is 5.46. The van der Waals surface area contributed by atoms with E-state index >= 15 is 0 Å². The van der Waals surface area contributed by atoms with E-state index in [9.17, 15) is 4.79 Å². The summed E-state index contributed by atoms with van der Waals surface area (Å²) in [6.07, 6.45) is 1.88. The van der Waals surface area contributed by atoms with E-state index in [1.165, 1.54) is 11.3 Å². The molecule has 0 radical (unpaired) electrons. The number of rotatable bonds is 4. The lowest BCUT2D eigenvalue weighted by molar-refractivity contribution is 0.102. The van der Waals surface area contributed by atoms with Crippen molar-refractivity contribution >= 4 is 22.4 Å². The fraction of sp³-hybridized carbons (Fsp3) is 0.308. The van der Waals surface area contributed by atoms with Gasteiger partial charge in [0.15, 0.2) is 11.5 Å². The zero-order valence-electron chi connectivity index (χ0n) is 10.9. The molecule has 1 aliphatic heterocycles. The number of benzene rings is 1. The molecule has 20 heavy (non-hydrogen) atoms. The Morgan fingerprint density at radius 3 is 3.05 bits per heavy atom. The van der Waals surface area contributed by atoms with Crippen molar-refractivity contribution in [2.45, 2.75) is 19.8 Å². The van der Waals surface area contributed by atoms with Gasteiger partial charge >= 0.3 is 0 Å². The molecule has 0 spiro atoms. The summed E-state index contributed by atoms with van der Waals surface area (Å²) in [5.41, 5.74) is 0.501. The van der Waals surface area contributed by atoms with Gasteiger partial charge in [-0.2, -0.15) is 0 Å². The van der Waals surface area contributed by atoms with Crippen molar-refractivity contribution in [1.82, 2.24) is 10.2 Å². The molecule has 1 aliphatic rings. The lowest BCUT2D eigenvalue weighted by Crippen LogP contribution is -2.11. The number of fused-ring (bicyclic) bond motifs is 1. The van der Waals surface area contributed by atoms with Gasteiger partial charge in [-0.05, 0) is 24.6 Å². The molecule has 0 bridgehead atoms. The van der Waals surface area contributed by atoms with Crippen molar-refractivity contribution in [3.05, 3.63) is 28.8 Å². The maximum Gasteiger partial charge on any atom is 0.257 e. The van der Waals surface area contributed by atoms with Crippen molar-refractivity contribution in [3.63, 3.8) is 0 Å². The Morgan fingerprint density at radius 1 is 1.35 bits per heavy atom. The van der Waals surface area contributed by atoms with Crippen LogP contribution in [0.15, 0.2) is 18.2 Å². The smallest absolute Gasteiger partial charge is 0.257 e. The van der Waals surface area contributed by atoms with E-state index in [4.69, 9.17) is 9.47 Å². The molecule has 0 atom stereocenters. The normalized spacial score (nSPS) is 12.4. The van der Waals surface area contributed by atoms with Gasteiger partial charge in [-0.3, -0.25) is 10.1 Å². The van der Waals surface area contributed by atoms with Crippen molar-refractivity contribution in [2.75, 3.05) is 12.1 Å². The average Bonchev–Trinajstić information content (AvgIpc) is 3.07. The molecule has 6 nitrogen and oxygen atoms in total. The van der Waals surface area contributed by atoms with Gasteiger partial charge < -0.3 is 9.47 Å². The van der Waals surface area contributed by atoms with Crippen LogP contribution in [0.4, 0.5) is 5.13 Å². The minimum atomic E-state index is -0.234. The molecule has 0 saturated heterocycles. The monoisotopic (exact) mass is 291 g/mol. The molecule has 0 aliphatic carbocycles. The highest BCUT2D eigenvalue weighted by Crippen LogP contribution is 2.32. The molecular formula is C13H13N3O3S. The Morgan fingerprint density at radius 2 is 2.20 bits per heavy atom. The number of carbonyl (C=O) groups is 1. The number of ether oxygens (including phenoxy) is 2. The number of nitrogens with one attached hydrogen (secondary N) is 1. The maximum atomic E-state index is 12.1. The molecule has 1 aromatic carbocycles. The summed E-state index contributed by atoms with van der Waals surface area (Å²) in [6.45, 7) is 2.27. The Balaban J connectivity index is 1.72. The first kappa shape index (κ1) is 12.9. The largest absolute Gasteiger partial charge is 0.454 e. The van der Waals surface area contributed by atoms with Crippen LogP contribution >= 0.6 is 11.3 Å². The molecule has 3 rings (SSSR count). The first-order valence-corrected chi connectivity index (χ1v) is 7.11. The average molecular weight is 291 g/mol. The summed E-state index contributed by atoms with van der Waals surface area (Å²) < 4.78 is 10.5. The maximum absolute atomic E-state index is 12.1. The van der Waals surface area contributed by atoms with Crippen molar-refractivity contribution in [3.8, 4) is 11.5 Å². The van der Waals surface area contributed by atoms with E-state index in [1.807, 2.05) is 0 Å². The highest BCUT2D eigenvalue weighted by molar-refractivity contribution is 7.15. The molecule has 2 aromatic rings. The summed E-state index contributed by atoms with van der Waals surface area (Å²) in [6, 6.07) is 5.07.